The number of halogens is 1. The fourth-order valence-electron chi connectivity index (χ4n) is 4.29. The molecule has 1 aliphatic heterocycles. The first-order valence-corrected chi connectivity index (χ1v) is 11.7. The van der Waals surface area contributed by atoms with Gasteiger partial charge >= 0.3 is 5.97 Å². The number of benzene rings is 1. The lowest BCUT2D eigenvalue weighted by Gasteiger charge is -2.18. The number of fused-ring (bicyclic) bond motifs is 1. The van der Waals surface area contributed by atoms with Gasteiger partial charge in [0.05, 0.1) is 18.6 Å². The van der Waals surface area contributed by atoms with Crippen molar-refractivity contribution < 1.29 is 24.9 Å². The molecule has 4 rings (SSSR count). The molecule has 5 atom stereocenters. The molecule has 0 saturated heterocycles. The number of thiophene rings is 1. The number of aliphatic carboxylic acids is 1. The van der Waals surface area contributed by atoms with Gasteiger partial charge in [0.15, 0.2) is 0 Å². The third kappa shape index (κ3) is 5.50. The minimum atomic E-state index is -0.858. The van der Waals surface area contributed by atoms with Gasteiger partial charge in [-0.05, 0) is 41.5 Å². The molecule has 1 saturated carbocycles. The van der Waals surface area contributed by atoms with Crippen molar-refractivity contribution in [3.05, 3.63) is 57.8 Å². The first kappa shape index (κ1) is 22.8. The fourth-order valence-corrected chi connectivity index (χ4v) is 5.12. The molecule has 2 heterocycles. The number of aliphatic hydroxyl groups is 2. The molecule has 7 nitrogen and oxygen atoms in total. The highest BCUT2D eigenvalue weighted by molar-refractivity contribution is 7.14. The van der Waals surface area contributed by atoms with E-state index in [9.17, 15) is 15.0 Å². The van der Waals surface area contributed by atoms with Gasteiger partial charge in [0.2, 0.25) is 0 Å². The predicted octanol–water partition coefficient (Wildman–Crippen LogP) is 3.60. The molecule has 5 unspecified atom stereocenters. The number of hydrogen-bond acceptors (Lipinski definition) is 7. The molecular weight excluding hydrogens is 452 g/mol. The Bertz CT molecular complexity index is 1010. The van der Waals surface area contributed by atoms with E-state index in [2.05, 4.69) is 5.32 Å². The first-order chi connectivity index (χ1) is 15.4. The van der Waals surface area contributed by atoms with Crippen LogP contribution in [0.25, 0.3) is 0 Å². The maximum Gasteiger partial charge on any atom is 0.307 e. The smallest absolute Gasteiger partial charge is 0.307 e. The second-order valence-electron chi connectivity index (χ2n) is 8.11. The average Bonchev–Trinajstić information content (AvgIpc) is 3.40. The molecular formula is C23H25ClN2O5S. The van der Waals surface area contributed by atoms with Crippen molar-refractivity contribution in [2.45, 2.75) is 37.5 Å². The normalized spacial score (nSPS) is 25.5. The molecule has 4 N–H and O–H groups in total. The fraction of sp³-hybridized carbons (Fsp3) is 0.391. The van der Waals surface area contributed by atoms with Gasteiger partial charge in [-0.1, -0.05) is 35.9 Å². The molecule has 1 fully saturated rings. The van der Waals surface area contributed by atoms with Crippen molar-refractivity contribution in [1.82, 2.24) is 0 Å². The number of carboxylic acid groups (broad SMARTS) is 1. The number of ether oxygens (including phenoxy) is 1. The van der Waals surface area contributed by atoms with E-state index in [1.807, 2.05) is 23.6 Å². The van der Waals surface area contributed by atoms with Crippen LogP contribution < -0.4 is 10.1 Å². The van der Waals surface area contributed by atoms with Crippen LogP contribution in [-0.2, 0) is 11.2 Å². The van der Waals surface area contributed by atoms with Crippen molar-refractivity contribution in [3.8, 4) is 5.75 Å². The lowest BCUT2D eigenvalue weighted by Crippen LogP contribution is -2.22. The third-order valence-electron chi connectivity index (χ3n) is 5.81. The molecule has 1 aromatic carbocycles. The Hall–Kier alpha value is -2.39. The van der Waals surface area contributed by atoms with Crippen LogP contribution in [0.2, 0.25) is 4.34 Å². The minimum Gasteiger partial charge on any atom is -0.488 e. The molecule has 32 heavy (non-hydrogen) atoms. The van der Waals surface area contributed by atoms with E-state index in [-0.39, 0.29) is 30.9 Å². The number of carboxylic acids is 1. The standard InChI is InChI=1S/C23H25ClN2O5S/c24-23-20(7-8-32-23)31-12-15(27)5-6-16-17-10-21(26-18(17)11-19(16)28)25-14-3-1-13(2-4-14)9-22(29)30/h1-8,15-19,27-28H,9-12H2,(H,25,26)(H,29,30). The summed E-state index contributed by atoms with van der Waals surface area (Å²) >= 11 is 7.37. The highest BCUT2D eigenvalue weighted by Gasteiger charge is 2.44. The summed E-state index contributed by atoms with van der Waals surface area (Å²) in [5.74, 6) is 0.617. The predicted molar refractivity (Wildman–Crippen MR) is 125 cm³/mol. The van der Waals surface area contributed by atoms with E-state index in [1.165, 1.54) is 11.3 Å². The quantitative estimate of drug-likeness (QED) is 0.433. The maximum atomic E-state index is 10.8. The van der Waals surface area contributed by atoms with Crippen LogP contribution in [0.3, 0.4) is 0 Å². The lowest BCUT2D eigenvalue weighted by molar-refractivity contribution is -0.136. The van der Waals surface area contributed by atoms with Gasteiger partial charge in [0.25, 0.3) is 0 Å². The molecule has 0 amide bonds. The highest BCUT2D eigenvalue weighted by atomic mass is 35.5. The van der Waals surface area contributed by atoms with Crippen LogP contribution in [0.15, 0.2) is 52.9 Å². The summed E-state index contributed by atoms with van der Waals surface area (Å²) in [6, 6.07) is 9.06. The SMILES string of the molecule is O=C(O)Cc1ccc(NC2=NC3CC(O)C(C=CC(O)COc4ccsc4Cl)C3C2)cc1. The lowest BCUT2D eigenvalue weighted by atomic mass is 9.90. The first-order valence-electron chi connectivity index (χ1n) is 10.4. The van der Waals surface area contributed by atoms with Gasteiger partial charge in [0.1, 0.15) is 28.6 Å². The number of nitrogens with one attached hydrogen (secondary N) is 1. The van der Waals surface area contributed by atoms with E-state index < -0.39 is 18.2 Å². The van der Waals surface area contributed by atoms with Crippen LogP contribution in [0, 0.1) is 11.8 Å². The van der Waals surface area contributed by atoms with E-state index >= 15 is 0 Å². The Balaban J connectivity index is 1.31. The van der Waals surface area contributed by atoms with Crippen molar-refractivity contribution in [2.24, 2.45) is 16.8 Å². The zero-order chi connectivity index (χ0) is 22.7. The van der Waals surface area contributed by atoms with Gasteiger partial charge in [-0.15, -0.1) is 11.3 Å². The van der Waals surface area contributed by atoms with E-state index in [4.69, 9.17) is 26.4 Å². The molecule has 0 spiro atoms. The zero-order valence-corrected chi connectivity index (χ0v) is 18.8. The summed E-state index contributed by atoms with van der Waals surface area (Å²) in [5.41, 5.74) is 1.59. The summed E-state index contributed by atoms with van der Waals surface area (Å²) in [7, 11) is 0. The van der Waals surface area contributed by atoms with Crippen molar-refractivity contribution in [3.63, 3.8) is 0 Å². The molecule has 9 heteroatoms. The summed E-state index contributed by atoms with van der Waals surface area (Å²) in [6.45, 7) is 0.0883. The van der Waals surface area contributed by atoms with E-state index in [0.717, 1.165) is 17.1 Å². The Kier molecular flexibility index (Phi) is 7.15. The number of rotatable bonds is 8. The van der Waals surface area contributed by atoms with Crippen molar-refractivity contribution in [2.75, 3.05) is 11.9 Å². The second-order valence-corrected chi connectivity index (χ2v) is 9.62. The Morgan fingerprint density at radius 3 is 2.81 bits per heavy atom. The molecule has 0 bridgehead atoms. The van der Waals surface area contributed by atoms with Gasteiger partial charge in [-0.25, -0.2) is 0 Å². The largest absolute Gasteiger partial charge is 0.488 e. The van der Waals surface area contributed by atoms with Crippen molar-refractivity contribution in [1.29, 1.82) is 0 Å². The molecule has 2 aliphatic rings. The van der Waals surface area contributed by atoms with Gasteiger partial charge in [-0.3, -0.25) is 9.79 Å². The van der Waals surface area contributed by atoms with E-state index in [0.29, 0.717) is 22.9 Å². The number of nitrogens with zero attached hydrogens (tertiary/aromatic N) is 1. The van der Waals surface area contributed by atoms with Gasteiger partial charge in [0, 0.05) is 18.0 Å². The van der Waals surface area contributed by atoms with Crippen LogP contribution in [0.4, 0.5) is 5.69 Å². The number of amidine groups is 1. The molecule has 2 aromatic rings. The van der Waals surface area contributed by atoms with Crippen LogP contribution in [0.5, 0.6) is 5.75 Å². The number of aliphatic hydroxyl groups excluding tert-OH is 2. The maximum absolute atomic E-state index is 10.8. The number of carbonyl (C=O) groups is 1. The summed E-state index contributed by atoms with van der Waals surface area (Å²) in [5, 5.41) is 34.7. The highest BCUT2D eigenvalue weighted by Crippen LogP contribution is 2.42. The Morgan fingerprint density at radius 1 is 1.34 bits per heavy atom. The molecule has 170 valence electrons. The van der Waals surface area contributed by atoms with Crippen LogP contribution >= 0.6 is 22.9 Å². The minimum absolute atomic E-state index is 0.00548. The molecule has 0 radical (unpaired) electrons. The van der Waals surface area contributed by atoms with Crippen molar-refractivity contribution >= 4 is 40.4 Å². The van der Waals surface area contributed by atoms with Crippen LogP contribution in [-0.4, -0.2) is 52.0 Å². The monoisotopic (exact) mass is 476 g/mol. The number of aliphatic imine (C=N–C) groups is 1. The van der Waals surface area contributed by atoms with Gasteiger partial charge in [-0.2, -0.15) is 0 Å². The second kappa shape index (κ2) is 10.0. The zero-order valence-electron chi connectivity index (χ0n) is 17.2. The third-order valence-corrected chi connectivity index (χ3v) is 6.95. The summed E-state index contributed by atoms with van der Waals surface area (Å²) < 4.78 is 6.08. The Morgan fingerprint density at radius 2 is 2.12 bits per heavy atom. The topological polar surface area (TPSA) is 111 Å². The van der Waals surface area contributed by atoms with Crippen LogP contribution in [0.1, 0.15) is 18.4 Å². The summed E-state index contributed by atoms with van der Waals surface area (Å²) in [6.07, 6.45) is 3.52. The summed E-state index contributed by atoms with van der Waals surface area (Å²) in [4.78, 5) is 15.6. The van der Waals surface area contributed by atoms with E-state index in [1.54, 1.807) is 24.3 Å². The average molecular weight is 477 g/mol. The van der Waals surface area contributed by atoms with Gasteiger partial charge < -0.3 is 25.4 Å². The number of anilines is 1. The number of hydrogen-bond donors (Lipinski definition) is 4. The molecule has 1 aliphatic carbocycles. The Labute approximate surface area is 195 Å². The molecule has 1 aromatic heterocycles.